The van der Waals surface area contributed by atoms with Crippen LogP contribution < -0.4 is 0 Å². The number of carbonyl (C=O) groups excluding carboxylic acids is 1. The van der Waals surface area contributed by atoms with Gasteiger partial charge in [-0.3, -0.25) is 0 Å². The Bertz CT molecular complexity index is 717. The first-order valence-electron chi connectivity index (χ1n) is 5.96. The van der Waals surface area contributed by atoms with E-state index in [0.29, 0.717) is 22.3 Å². The van der Waals surface area contributed by atoms with Gasteiger partial charge >= 0.3 is 5.97 Å². The second-order valence-electron chi connectivity index (χ2n) is 4.30. The van der Waals surface area contributed by atoms with Gasteiger partial charge in [-0.1, -0.05) is 18.2 Å². The Morgan fingerprint density at radius 1 is 1.25 bits per heavy atom. The molecule has 0 bridgehead atoms. The number of carbonyl (C=O) groups is 1. The van der Waals surface area contributed by atoms with Crippen molar-refractivity contribution >= 4 is 5.97 Å². The quantitative estimate of drug-likeness (QED) is 0.784. The molecule has 20 heavy (non-hydrogen) atoms. The second kappa shape index (κ2) is 5.54. The molecule has 0 heterocycles. The largest absolute Gasteiger partial charge is 0.465 e. The smallest absolute Gasteiger partial charge is 0.338 e. The molecule has 2 rings (SSSR count). The minimum absolute atomic E-state index is 0.245. The number of esters is 1. The summed E-state index contributed by atoms with van der Waals surface area (Å²) < 4.78 is 18.5. The lowest BCUT2D eigenvalue weighted by atomic mass is 9.94. The van der Waals surface area contributed by atoms with Gasteiger partial charge in [0.05, 0.1) is 24.3 Å². The summed E-state index contributed by atoms with van der Waals surface area (Å²) in [5, 5.41) is 9.13. The zero-order valence-corrected chi connectivity index (χ0v) is 11.1. The third-order valence-electron chi connectivity index (χ3n) is 3.04. The van der Waals surface area contributed by atoms with Crippen molar-refractivity contribution in [1.29, 1.82) is 5.26 Å². The zero-order chi connectivity index (χ0) is 14.7. The number of aryl methyl sites for hydroxylation is 1. The highest BCUT2D eigenvalue weighted by atomic mass is 19.1. The first-order chi connectivity index (χ1) is 9.58. The van der Waals surface area contributed by atoms with E-state index in [9.17, 15) is 9.18 Å². The van der Waals surface area contributed by atoms with E-state index in [2.05, 4.69) is 0 Å². The summed E-state index contributed by atoms with van der Waals surface area (Å²) in [4.78, 5) is 11.8. The number of methoxy groups -OCH3 is 1. The molecule has 0 aliphatic heterocycles. The summed E-state index contributed by atoms with van der Waals surface area (Å²) in [5.74, 6) is -0.990. The number of rotatable bonds is 2. The van der Waals surface area contributed by atoms with E-state index < -0.39 is 11.8 Å². The van der Waals surface area contributed by atoms with Crippen molar-refractivity contribution in [2.45, 2.75) is 6.92 Å². The molecule has 4 heteroatoms. The SMILES string of the molecule is COC(=O)c1cc(C)c(F)cc1-c1ccccc1C#N. The molecule has 0 aliphatic carbocycles. The molecule has 2 aromatic carbocycles. The first-order valence-corrected chi connectivity index (χ1v) is 5.96. The minimum atomic E-state index is -0.559. The number of ether oxygens (including phenoxy) is 1. The summed E-state index contributed by atoms with van der Waals surface area (Å²) in [6.07, 6.45) is 0. The predicted octanol–water partition coefficient (Wildman–Crippen LogP) is 3.46. The standard InChI is InChI=1S/C16H12FNO2/c1-10-7-14(16(19)20-2)13(8-15(10)17)12-6-4-3-5-11(12)9-18/h3-8H,1-2H3. The monoisotopic (exact) mass is 269 g/mol. The molecule has 3 nitrogen and oxygen atoms in total. The van der Waals surface area contributed by atoms with E-state index in [1.165, 1.54) is 19.2 Å². The van der Waals surface area contributed by atoms with Gasteiger partial charge in [-0.2, -0.15) is 5.26 Å². The highest BCUT2D eigenvalue weighted by Gasteiger charge is 2.18. The van der Waals surface area contributed by atoms with Crippen molar-refractivity contribution in [3.63, 3.8) is 0 Å². The van der Waals surface area contributed by atoms with Gasteiger partial charge in [0.25, 0.3) is 0 Å². The maximum Gasteiger partial charge on any atom is 0.338 e. The number of hydrogen-bond acceptors (Lipinski definition) is 3. The van der Waals surface area contributed by atoms with Crippen LogP contribution in [-0.2, 0) is 4.74 Å². The lowest BCUT2D eigenvalue weighted by molar-refractivity contribution is 0.0601. The van der Waals surface area contributed by atoms with Crippen LogP contribution in [0, 0.1) is 24.1 Å². The van der Waals surface area contributed by atoms with Crippen LogP contribution in [0.4, 0.5) is 4.39 Å². The summed E-state index contributed by atoms with van der Waals surface area (Å²) >= 11 is 0. The molecule has 0 N–H and O–H groups in total. The van der Waals surface area contributed by atoms with Gasteiger partial charge in [0.15, 0.2) is 0 Å². The Kier molecular flexibility index (Phi) is 3.81. The second-order valence-corrected chi connectivity index (χ2v) is 4.30. The number of benzene rings is 2. The minimum Gasteiger partial charge on any atom is -0.465 e. The molecule has 2 aromatic rings. The number of hydrogen-bond donors (Lipinski definition) is 0. The summed E-state index contributed by atoms with van der Waals surface area (Å²) in [6.45, 7) is 1.57. The topological polar surface area (TPSA) is 50.1 Å². The van der Waals surface area contributed by atoms with Crippen molar-refractivity contribution in [2.75, 3.05) is 7.11 Å². The molecular weight excluding hydrogens is 257 g/mol. The van der Waals surface area contributed by atoms with E-state index in [4.69, 9.17) is 10.00 Å². The Morgan fingerprint density at radius 2 is 1.95 bits per heavy atom. The summed E-state index contributed by atoms with van der Waals surface area (Å²) in [6, 6.07) is 11.5. The van der Waals surface area contributed by atoms with Crippen molar-refractivity contribution in [2.24, 2.45) is 0 Å². The predicted molar refractivity (Wildman–Crippen MR) is 72.6 cm³/mol. The summed E-state index contributed by atoms with van der Waals surface area (Å²) in [5.41, 5.74) is 1.84. The molecule has 0 saturated carbocycles. The van der Waals surface area contributed by atoms with Crippen molar-refractivity contribution in [3.05, 3.63) is 58.9 Å². The third kappa shape index (κ3) is 2.39. The van der Waals surface area contributed by atoms with Crippen molar-refractivity contribution in [1.82, 2.24) is 0 Å². The van der Waals surface area contributed by atoms with Crippen LogP contribution >= 0.6 is 0 Å². The Labute approximate surface area is 116 Å². The van der Waals surface area contributed by atoms with Gasteiger partial charge < -0.3 is 4.74 Å². The average Bonchev–Trinajstić information content (AvgIpc) is 2.48. The number of halogens is 1. The maximum absolute atomic E-state index is 13.8. The fourth-order valence-electron chi connectivity index (χ4n) is 2.00. The van der Waals surface area contributed by atoms with Crippen LogP contribution in [0.5, 0.6) is 0 Å². The van der Waals surface area contributed by atoms with Crippen molar-refractivity contribution in [3.8, 4) is 17.2 Å². The molecule has 0 unspecified atom stereocenters. The van der Waals surface area contributed by atoms with Crippen LogP contribution in [0.15, 0.2) is 36.4 Å². The molecule has 0 aliphatic rings. The van der Waals surface area contributed by atoms with E-state index in [-0.39, 0.29) is 5.56 Å². The van der Waals surface area contributed by atoms with E-state index in [0.717, 1.165) is 0 Å². The molecule has 0 saturated heterocycles. The van der Waals surface area contributed by atoms with E-state index in [1.54, 1.807) is 31.2 Å². The molecule has 0 amide bonds. The average molecular weight is 269 g/mol. The van der Waals surface area contributed by atoms with Gasteiger partial charge in [0.1, 0.15) is 5.82 Å². The third-order valence-corrected chi connectivity index (χ3v) is 3.04. The number of nitriles is 1. The van der Waals surface area contributed by atoms with Crippen LogP contribution in [0.3, 0.4) is 0 Å². The molecule has 0 aromatic heterocycles. The molecule has 0 fully saturated rings. The number of nitrogens with zero attached hydrogens (tertiary/aromatic N) is 1. The van der Waals surface area contributed by atoms with Gasteiger partial charge in [-0.15, -0.1) is 0 Å². The van der Waals surface area contributed by atoms with Crippen molar-refractivity contribution < 1.29 is 13.9 Å². The molecule has 0 spiro atoms. The highest BCUT2D eigenvalue weighted by Crippen LogP contribution is 2.29. The summed E-state index contributed by atoms with van der Waals surface area (Å²) in [7, 11) is 1.26. The molecule has 0 radical (unpaired) electrons. The van der Waals surface area contributed by atoms with Crippen LogP contribution in [-0.4, -0.2) is 13.1 Å². The van der Waals surface area contributed by atoms with Crippen LogP contribution in [0.2, 0.25) is 0 Å². The Balaban J connectivity index is 2.76. The molecule has 100 valence electrons. The fourth-order valence-corrected chi connectivity index (χ4v) is 2.00. The maximum atomic E-state index is 13.8. The van der Waals surface area contributed by atoms with Gasteiger partial charge in [-0.05, 0) is 30.7 Å². The van der Waals surface area contributed by atoms with E-state index >= 15 is 0 Å². The van der Waals surface area contributed by atoms with Crippen LogP contribution in [0.1, 0.15) is 21.5 Å². The van der Waals surface area contributed by atoms with Gasteiger partial charge in [0.2, 0.25) is 0 Å². The zero-order valence-electron chi connectivity index (χ0n) is 11.1. The lowest BCUT2D eigenvalue weighted by Gasteiger charge is -2.11. The van der Waals surface area contributed by atoms with E-state index in [1.807, 2.05) is 6.07 Å². The van der Waals surface area contributed by atoms with Crippen LogP contribution in [0.25, 0.3) is 11.1 Å². The van der Waals surface area contributed by atoms with Gasteiger partial charge in [-0.25, -0.2) is 9.18 Å². The normalized spacial score (nSPS) is 9.90. The Morgan fingerprint density at radius 3 is 2.60 bits per heavy atom. The molecule has 0 atom stereocenters. The Hall–Kier alpha value is -2.67. The lowest BCUT2D eigenvalue weighted by Crippen LogP contribution is -2.05. The van der Waals surface area contributed by atoms with Gasteiger partial charge in [0, 0.05) is 11.1 Å². The molecular formula is C16H12FNO2. The highest BCUT2D eigenvalue weighted by molar-refractivity contribution is 5.98. The first kappa shape index (κ1) is 13.8. The fraction of sp³-hybridized carbons (Fsp3) is 0.125.